The van der Waals surface area contributed by atoms with Crippen LogP contribution < -0.4 is 0 Å². The molecule has 0 amide bonds. The van der Waals surface area contributed by atoms with Crippen molar-refractivity contribution in [1.82, 2.24) is 9.97 Å². The molecule has 0 aliphatic rings. The van der Waals surface area contributed by atoms with Crippen molar-refractivity contribution < 1.29 is 5.11 Å². The Morgan fingerprint density at radius 3 is 2.50 bits per heavy atom. The predicted molar refractivity (Wildman–Crippen MR) is 70.0 cm³/mol. The monoisotopic (exact) mass is 236 g/mol. The fourth-order valence-corrected chi connectivity index (χ4v) is 1.92. The Morgan fingerprint density at radius 1 is 0.833 bits per heavy atom. The topological polar surface area (TPSA) is 46.0 Å². The number of hydrogen-bond donors (Lipinski definition) is 1. The third kappa shape index (κ3) is 1.96. The van der Waals surface area contributed by atoms with Crippen LogP contribution >= 0.6 is 0 Å². The smallest absolute Gasteiger partial charge is 0.138 e. The SMILES string of the molecule is OC(c1ccccn1)c1ccc2ccccc2n1. The van der Waals surface area contributed by atoms with Gasteiger partial charge in [-0.25, -0.2) is 4.98 Å². The molecule has 3 nitrogen and oxygen atoms in total. The van der Waals surface area contributed by atoms with E-state index in [4.69, 9.17) is 0 Å². The van der Waals surface area contributed by atoms with Gasteiger partial charge in [0, 0.05) is 11.6 Å². The van der Waals surface area contributed by atoms with E-state index in [1.165, 1.54) is 0 Å². The van der Waals surface area contributed by atoms with E-state index in [0.29, 0.717) is 11.4 Å². The lowest BCUT2D eigenvalue weighted by Crippen LogP contribution is -2.04. The summed E-state index contributed by atoms with van der Waals surface area (Å²) in [6.45, 7) is 0. The predicted octanol–water partition coefficient (Wildman–Crippen LogP) is 2.71. The first-order valence-corrected chi connectivity index (χ1v) is 5.79. The first-order valence-electron chi connectivity index (χ1n) is 5.79. The van der Waals surface area contributed by atoms with Gasteiger partial charge in [0.2, 0.25) is 0 Å². The third-order valence-corrected chi connectivity index (χ3v) is 2.87. The van der Waals surface area contributed by atoms with Gasteiger partial charge in [-0.05, 0) is 24.3 Å². The molecule has 1 unspecified atom stereocenters. The minimum Gasteiger partial charge on any atom is -0.380 e. The minimum absolute atomic E-state index is 0.611. The standard InChI is InChI=1S/C15H12N2O/c18-15(13-7-3-4-10-16-13)14-9-8-11-5-1-2-6-12(11)17-14/h1-10,15,18H. The first kappa shape index (κ1) is 10.9. The van der Waals surface area contributed by atoms with Crippen LogP contribution in [-0.4, -0.2) is 15.1 Å². The summed E-state index contributed by atoms with van der Waals surface area (Å²) in [5.74, 6) is 0. The molecule has 0 aliphatic heterocycles. The number of pyridine rings is 2. The number of para-hydroxylation sites is 1. The summed E-state index contributed by atoms with van der Waals surface area (Å²) in [5.41, 5.74) is 2.11. The Labute approximate surface area is 105 Å². The lowest BCUT2D eigenvalue weighted by atomic mass is 10.1. The Bertz CT molecular complexity index is 667. The molecule has 0 aliphatic carbocycles. The molecule has 1 N–H and O–H groups in total. The van der Waals surface area contributed by atoms with Crippen LogP contribution in [0.3, 0.4) is 0 Å². The number of fused-ring (bicyclic) bond motifs is 1. The summed E-state index contributed by atoms with van der Waals surface area (Å²) >= 11 is 0. The first-order chi connectivity index (χ1) is 8.84. The van der Waals surface area contributed by atoms with E-state index < -0.39 is 6.10 Å². The number of aliphatic hydroxyl groups is 1. The zero-order valence-corrected chi connectivity index (χ0v) is 9.69. The highest BCUT2D eigenvalue weighted by atomic mass is 16.3. The Balaban J connectivity index is 2.04. The molecule has 1 atom stereocenters. The maximum atomic E-state index is 10.2. The molecule has 0 saturated heterocycles. The van der Waals surface area contributed by atoms with E-state index in [1.54, 1.807) is 12.3 Å². The summed E-state index contributed by atoms with van der Waals surface area (Å²) in [5, 5.41) is 11.3. The molecule has 1 aromatic carbocycles. The van der Waals surface area contributed by atoms with Gasteiger partial charge in [0.25, 0.3) is 0 Å². The summed E-state index contributed by atoms with van der Waals surface area (Å²) < 4.78 is 0. The van der Waals surface area contributed by atoms with Crippen LogP contribution in [-0.2, 0) is 0 Å². The molecule has 0 radical (unpaired) electrons. The molecule has 2 heterocycles. The van der Waals surface area contributed by atoms with Crippen LogP contribution in [0.5, 0.6) is 0 Å². The highest BCUT2D eigenvalue weighted by Crippen LogP contribution is 2.20. The molecule has 2 aromatic heterocycles. The molecule has 18 heavy (non-hydrogen) atoms. The summed E-state index contributed by atoms with van der Waals surface area (Å²) in [7, 11) is 0. The maximum Gasteiger partial charge on any atom is 0.138 e. The summed E-state index contributed by atoms with van der Waals surface area (Å²) in [6.07, 6.45) is 0.885. The molecular formula is C15H12N2O. The second-order valence-corrected chi connectivity index (χ2v) is 4.09. The molecule has 3 rings (SSSR count). The average molecular weight is 236 g/mol. The number of nitrogens with zero attached hydrogens (tertiary/aromatic N) is 2. The van der Waals surface area contributed by atoms with E-state index in [2.05, 4.69) is 9.97 Å². The Morgan fingerprint density at radius 2 is 1.67 bits per heavy atom. The number of aliphatic hydroxyl groups excluding tert-OH is 1. The van der Waals surface area contributed by atoms with Crippen molar-refractivity contribution in [3.05, 3.63) is 72.2 Å². The average Bonchev–Trinajstić information content (AvgIpc) is 2.47. The van der Waals surface area contributed by atoms with Gasteiger partial charge in [-0.1, -0.05) is 30.3 Å². The van der Waals surface area contributed by atoms with Gasteiger partial charge in [0.1, 0.15) is 6.10 Å². The second-order valence-electron chi connectivity index (χ2n) is 4.09. The van der Waals surface area contributed by atoms with Crippen molar-refractivity contribution >= 4 is 10.9 Å². The van der Waals surface area contributed by atoms with Gasteiger partial charge in [-0.3, -0.25) is 4.98 Å². The van der Waals surface area contributed by atoms with E-state index >= 15 is 0 Å². The third-order valence-electron chi connectivity index (χ3n) is 2.87. The number of hydrogen-bond acceptors (Lipinski definition) is 3. The van der Waals surface area contributed by atoms with Crippen LogP contribution in [0.15, 0.2) is 60.8 Å². The minimum atomic E-state index is -0.782. The van der Waals surface area contributed by atoms with Crippen molar-refractivity contribution in [2.24, 2.45) is 0 Å². The summed E-state index contributed by atoms with van der Waals surface area (Å²) in [4.78, 5) is 8.61. The molecule has 3 heteroatoms. The van der Waals surface area contributed by atoms with Crippen LogP contribution in [0.4, 0.5) is 0 Å². The van der Waals surface area contributed by atoms with Crippen molar-refractivity contribution in [3.8, 4) is 0 Å². The molecule has 88 valence electrons. The lowest BCUT2D eigenvalue weighted by molar-refractivity contribution is 0.211. The van der Waals surface area contributed by atoms with Gasteiger partial charge in [-0.2, -0.15) is 0 Å². The maximum absolute atomic E-state index is 10.2. The van der Waals surface area contributed by atoms with Crippen LogP contribution in [0.25, 0.3) is 10.9 Å². The number of rotatable bonds is 2. The molecule has 3 aromatic rings. The van der Waals surface area contributed by atoms with Gasteiger partial charge >= 0.3 is 0 Å². The van der Waals surface area contributed by atoms with Gasteiger partial charge in [-0.15, -0.1) is 0 Å². The Kier molecular flexibility index (Phi) is 2.74. The fourth-order valence-electron chi connectivity index (χ4n) is 1.92. The van der Waals surface area contributed by atoms with Crippen molar-refractivity contribution in [3.63, 3.8) is 0 Å². The molecular weight excluding hydrogens is 224 g/mol. The fraction of sp³-hybridized carbons (Fsp3) is 0.0667. The van der Waals surface area contributed by atoms with Gasteiger partial charge < -0.3 is 5.11 Å². The summed E-state index contributed by atoms with van der Waals surface area (Å²) in [6, 6.07) is 17.1. The van der Waals surface area contributed by atoms with Gasteiger partial charge in [0.05, 0.1) is 16.9 Å². The van der Waals surface area contributed by atoms with Crippen molar-refractivity contribution in [2.45, 2.75) is 6.10 Å². The highest BCUT2D eigenvalue weighted by molar-refractivity contribution is 5.78. The van der Waals surface area contributed by atoms with Crippen molar-refractivity contribution in [1.29, 1.82) is 0 Å². The van der Waals surface area contributed by atoms with E-state index in [1.807, 2.05) is 48.5 Å². The quantitative estimate of drug-likeness (QED) is 0.744. The van der Waals surface area contributed by atoms with E-state index in [-0.39, 0.29) is 0 Å². The second kappa shape index (κ2) is 4.55. The largest absolute Gasteiger partial charge is 0.380 e. The van der Waals surface area contributed by atoms with E-state index in [0.717, 1.165) is 10.9 Å². The normalized spacial score (nSPS) is 12.5. The Hall–Kier alpha value is -2.26. The van der Waals surface area contributed by atoms with Crippen LogP contribution in [0, 0.1) is 0 Å². The molecule has 0 bridgehead atoms. The molecule has 0 fully saturated rings. The number of benzene rings is 1. The van der Waals surface area contributed by atoms with Crippen LogP contribution in [0.1, 0.15) is 17.5 Å². The molecule has 0 spiro atoms. The highest BCUT2D eigenvalue weighted by Gasteiger charge is 2.12. The van der Waals surface area contributed by atoms with E-state index in [9.17, 15) is 5.11 Å². The molecule has 0 saturated carbocycles. The van der Waals surface area contributed by atoms with Crippen LogP contribution in [0.2, 0.25) is 0 Å². The van der Waals surface area contributed by atoms with Crippen molar-refractivity contribution in [2.75, 3.05) is 0 Å². The zero-order chi connectivity index (χ0) is 12.4. The zero-order valence-electron chi connectivity index (χ0n) is 9.69. The van der Waals surface area contributed by atoms with Gasteiger partial charge in [0.15, 0.2) is 0 Å². The lowest BCUT2D eigenvalue weighted by Gasteiger charge is -2.10. The number of aromatic nitrogens is 2.